The number of aromatic nitrogens is 1. The van der Waals surface area contributed by atoms with Crippen LogP contribution in [0.2, 0.25) is 0 Å². The highest BCUT2D eigenvalue weighted by molar-refractivity contribution is 5.93. The van der Waals surface area contributed by atoms with Gasteiger partial charge in [-0.25, -0.2) is 14.2 Å². The van der Waals surface area contributed by atoms with Gasteiger partial charge in [-0.15, -0.1) is 0 Å². The summed E-state index contributed by atoms with van der Waals surface area (Å²) in [5, 5.41) is 9.01. The van der Waals surface area contributed by atoms with Crippen molar-refractivity contribution in [1.29, 1.82) is 0 Å². The van der Waals surface area contributed by atoms with Gasteiger partial charge in [-0.05, 0) is 18.9 Å². The second-order valence-electron chi connectivity index (χ2n) is 4.15. The van der Waals surface area contributed by atoms with E-state index in [0.29, 0.717) is 18.9 Å². The van der Waals surface area contributed by atoms with Crippen LogP contribution in [0, 0.1) is 5.82 Å². The standard InChI is InChI=1S/C11H14FN3O2/c12-7-5-9(11(16)17)10(14-6-7)15-3-1-8(13)2-4-15/h5-6,8H,1-4,13H2,(H,16,17). The first-order valence-corrected chi connectivity index (χ1v) is 5.47. The molecule has 0 amide bonds. The van der Waals surface area contributed by atoms with Crippen molar-refractivity contribution in [1.82, 2.24) is 4.98 Å². The molecule has 0 atom stereocenters. The van der Waals surface area contributed by atoms with Crippen LogP contribution in [0.5, 0.6) is 0 Å². The van der Waals surface area contributed by atoms with E-state index < -0.39 is 11.8 Å². The molecule has 2 heterocycles. The molecule has 0 aromatic carbocycles. The number of nitrogens with zero attached hydrogens (tertiary/aromatic N) is 2. The van der Waals surface area contributed by atoms with E-state index >= 15 is 0 Å². The van der Waals surface area contributed by atoms with Gasteiger partial charge in [-0.3, -0.25) is 0 Å². The molecule has 0 aliphatic carbocycles. The van der Waals surface area contributed by atoms with E-state index in [1.165, 1.54) is 0 Å². The molecule has 6 heteroatoms. The third kappa shape index (κ3) is 2.52. The molecule has 1 saturated heterocycles. The molecule has 17 heavy (non-hydrogen) atoms. The summed E-state index contributed by atoms with van der Waals surface area (Å²) in [6, 6.07) is 1.15. The number of piperidine rings is 1. The van der Waals surface area contributed by atoms with Crippen LogP contribution < -0.4 is 10.6 Å². The normalized spacial score (nSPS) is 17.2. The summed E-state index contributed by atoms with van der Waals surface area (Å²) in [7, 11) is 0. The van der Waals surface area contributed by atoms with E-state index in [-0.39, 0.29) is 11.6 Å². The number of halogens is 1. The fourth-order valence-corrected chi connectivity index (χ4v) is 1.95. The molecule has 1 aliphatic heterocycles. The highest BCUT2D eigenvalue weighted by Gasteiger charge is 2.22. The molecular weight excluding hydrogens is 225 g/mol. The molecule has 1 aromatic rings. The largest absolute Gasteiger partial charge is 0.478 e. The average Bonchev–Trinajstić information content (AvgIpc) is 2.30. The number of pyridine rings is 1. The van der Waals surface area contributed by atoms with Gasteiger partial charge in [-0.2, -0.15) is 0 Å². The molecule has 1 fully saturated rings. The predicted molar refractivity (Wildman–Crippen MR) is 60.6 cm³/mol. The van der Waals surface area contributed by atoms with E-state index in [9.17, 15) is 9.18 Å². The van der Waals surface area contributed by atoms with Gasteiger partial charge in [0.2, 0.25) is 0 Å². The van der Waals surface area contributed by atoms with Gasteiger partial charge in [0, 0.05) is 19.1 Å². The number of nitrogens with two attached hydrogens (primary N) is 1. The number of carboxylic acid groups (broad SMARTS) is 1. The SMILES string of the molecule is NC1CCN(c2ncc(F)cc2C(=O)O)CC1. The predicted octanol–water partition coefficient (Wildman–Crippen LogP) is 0.846. The van der Waals surface area contributed by atoms with Crippen LogP contribution >= 0.6 is 0 Å². The first-order valence-electron chi connectivity index (χ1n) is 5.47. The fraction of sp³-hybridized carbons (Fsp3) is 0.455. The molecule has 3 N–H and O–H groups in total. The molecule has 92 valence electrons. The number of carbonyl (C=O) groups is 1. The third-order valence-electron chi connectivity index (χ3n) is 2.90. The van der Waals surface area contributed by atoms with E-state index in [0.717, 1.165) is 25.1 Å². The topological polar surface area (TPSA) is 79.5 Å². The molecular formula is C11H14FN3O2. The van der Waals surface area contributed by atoms with Crippen molar-refractivity contribution >= 4 is 11.8 Å². The van der Waals surface area contributed by atoms with Gasteiger partial charge >= 0.3 is 5.97 Å². The van der Waals surface area contributed by atoms with E-state index in [1.807, 2.05) is 4.90 Å². The number of hydrogen-bond donors (Lipinski definition) is 2. The van der Waals surface area contributed by atoms with Crippen LogP contribution in [-0.2, 0) is 0 Å². The zero-order valence-electron chi connectivity index (χ0n) is 9.27. The van der Waals surface area contributed by atoms with Gasteiger partial charge < -0.3 is 15.7 Å². The Morgan fingerprint density at radius 3 is 2.76 bits per heavy atom. The van der Waals surface area contributed by atoms with Crippen LogP contribution in [0.4, 0.5) is 10.2 Å². The number of anilines is 1. The van der Waals surface area contributed by atoms with Gasteiger partial charge in [-0.1, -0.05) is 0 Å². The molecule has 0 bridgehead atoms. The summed E-state index contributed by atoms with van der Waals surface area (Å²) >= 11 is 0. The Labute approximate surface area is 98.1 Å². The maximum absolute atomic E-state index is 13.0. The lowest BCUT2D eigenvalue weighted by molar-refractivity contribution is 0.0696. The quantitative estimate of drug-likeness (QED) is 0.799. The minimum atomic E-state index is -1.16. The molecule has 2 rings (SSSR count). The first kappa shape index (κ1) is 11.8. The zero-order chi connectivity index (χ0) is 12.4. The molecule has 1 aliphatic rings. The smallest absolute Gasteiger partial charge is 0.339 e. The summed E-state index contributed by atoms with van der Waals surface area (Å²) < 4.78 is 13.0. The Hall–Kier alpha value is -1.69. The molecule has 5 nitrogen and oxygen atoms in total. The molecule has 0 saturated carbocycles. The van der Waals surface area contributed by atoms with Crippen molar-refractivity contribution in [2.45, 2.75) is 18.9 Å². The molecule has 0 radical (unpaired) electrons. The monoisotopic (exact) mass is 239 g/mol. The van der Waals surface area contributed by atoms with Crippen LogP contribution in [0.15, 0.2) is 12.3 Å². The molecule has 0 unspecified atom stereocenters. The van der Waals surface area contributed by atoms with Crippen molar-refractivity contribution in [3.05, 3.63) is 23.6 Å². The molecule has 0 spiro atoms. The van der Waals surface area contributed by atoms with Crippen LogP contribution in [0.25, 0.3) is 0 Å². The van der Waals surface area contributed by atoms with Crippen LogP contribution in [0.1, 0.15) is 23.2 Å². The van der Waals surface area contributed by atoms with E-state index in [2.05, 4.69) is 4.98 Å². The van der Waals surface area contributed by atoms with Gasteiger partial charge in [0.1, 0.15) is 17.2 Å². The zero-order valence-corrected chi connectivity index (χ0v) is 9.27. The lowest BCUT2D eigenvalue weighted by atomic mass is 10.1. The van der Waals surface area contributed by atoms with E-state index in [4.69, 9.17) is 10.8 Å². The summed E-state index contributed by atoms with van der Waals surface area (Å²) in [5.74, 6) is -1.48. The Morgan fingerprint density at radius 2 is 2.18 bits per heavy atom. The summed E-state index contributed by atoms with van der Waals surface area (Å²) in [6.07, 6.45) is 2.62. The van der Waals surface area contributed by atoms with Crippen molar-refractivity contribution in [3.63, 3.8) is 0 Å². The van der Waals surface area contributed by atoms with Gasteiger partial charge in [0.25, 0.3) is 0 Å². The number of hydrogen-bond acceptors (Lipinski definition) is 4. The second-order valence-corrected chi connectivity index (χ2v) is 4.15. The minimum absolute atomic E-state index is 0.0968. The van der Waals surface area contributed by atoms with Gasteiger partial charge in [0.15, 0.2) is 0 Å². The average molecular weight is 239 g/mol. The Bertz CT molecular complexity index is 431. The lowest BCUT2D eigenvalue weighted by Crippen LogP contribution is -2.40. The number of aromatic carboxylic acids is 1. The fourth-order valence-electron chi connectivity index (χ4n) is 1.95. The molecule has 1 aromatic heterocycles. The van der Waals surface area contributed by atoms with Crippen molar-refractivity contribution < 1.29 is 14.3 Å². The Morgan fingerprint density at radius 1 is 1.53 bits per heavy atom. The summed E-state index contributed by atoms with van der Waals surface area (Å²) in [5.41, 5.74) is 5.68. The van der Waals surface area contributed by atoms with E-state index in [1.54, 1.807) is 0 Å². The highest BCUT2D eigenvalue weighted by atomic mass is 19.1. The van der Waals surface area contributed by atoms with Crippen LogP contribution in [-0.4, -0.2) is 35.2 Å². The lowest BCUT2D eigenvalue weighted by Gasteiger charge is -2.31. The van der Waals surface area contributed by atoms with Gasteiger partial charge in [0.05, 0.1) is 6.20 Å². The maximum Gasteiger partial charge on any atom is 0.339 e. The maximum atomic E-state index is 13.0. The third-order valence-corrected chi connectivity index (χ3v) is 2.90. The highest BCUT2D eigenvalue weighted by Crippen LogP contribution is 2.22. The number of carboxylic acids is 1. The van der Waals surface area contributed by atoms with Crippen LogP contribution in [0.3, 0.4) is 0 Å². The Kier molecular flexibility index (Phi) is 3.23. The minimum Gasteiger partial charge on any atom is -0.478 e. The van der Waals surface area contributed by atoms with Crippen molar-refractivity contribution in [3.8, 4) is 0 Å². The van der Waals surface area contributed by atoms with Crippen molar-refractivity contribution in [2.24, 2.45) is 5.73 Å². The second kappa shape index (κ2) is 4.67. The summed E-state index contributed by atoms with van der Waals surface area (Å²) in [6.45, 7) is 1.31. The first-order chi connectivity index (χ1) is 8.08. The van der Waals surface area contributed by atoms with Crippen molar-refractivity contribution in [2.75, 3.05) is 18.0 Å². The number of rotatable bonds is 2. The summed E-state index contributed by atoms with van der Waals surface area (Å²) in [4.78, 5) is 16.7. The Balaban J connectivity index is 2.28.